The van der Waals surface area contributed by atoms with Crippen molar-refractivity contribution in [2.45, 2.75) is 57.7 Å². The van der Waals surface area contributed by atoms with Gasteiger partial charge in [-0.15, -0.1) is 0 Å². The molecule has 1 atom stereocenters. The Balaban J connectivity index is 1.51. The van der Waals surface area contributed by atoms with Crippen molar-refractivity contribution in [1.82, 2.24) is 14.7 Å². The van der Waals surface area contributed by atoms with E-state index in [9.17, 15) is 4.79 Å². The third-order valence-electron chi connectivity index (χ3n) is 5.39. The Morgan fingerprint density at radius 3 is 2.79 bits per heavy atom. The molecule has 1 fully saturated rings. The molecule has 2 aliphatic rings. The van der Waals surface area contributed by atoms with Crippen molar-refractivity contribution in [3.63, 3.8) is 0 Å². The van der Waals surface area contributed by atoms with E-state index in [-0.39, 0.29) is 5.56 Å². The first-order valence-electron chi connectivity index (χ1n) is 9.17. The average Bonchev–Trinajstić information content (AvgIpc) is 3.03. The van der Waals surface area contributed by atoms with Gasteiger partial charge in [0, 0.05) is 18.7 Å². The van der Waals surface area contributed by atoms with Gasteiger partial charge < -0.3 is 0 Å². The quantitative estimate of drug-likeness (QED) is 0.868. The standard InChI is InChI=1S/C20H25N3O/c24-20-13-17-9-4-5-11-19(17)21-23(20)15-18-10-6-12-22(18)14-16-7-2-1-3-8-16/h1-3,7-8,13,18H,4-6,9-12,14-15H2. The molecule has 126 valence electrons. The fourth-order valence-corrected chi connectivity index (χ4v) is 4.06. The maximum Gasteiger partial charge on any atom is 0.267 e. The minimum atomic E-state index is 0.0715. The van der Waals surface area contributed by atoms with Crippen LogP contribution in [0.5, 0.6) is 0 Å². The number of aromatic nitrogens is 2. The molecule has 0 amide bonds. The third kappa shape index (κ3) is 3.29. The first kappa shape index (κ1) is 15.6. The number of fused-ring (bicyclic) bond motifs is 1. The van der Waals surface area contributed by atoms with E-state index < -0.39 is 0 Å². The third-order valence-corrected chi connectivity index (χ3v) is 5.39. The van der Waals surface area contributed by atoms with E-state index in [2.05, 4.69) is 35.2 Å². The van der Waals surface area contributed by atoms with Crippen molar-refractivity contribution in [1.29, 1.82) is 0 Å². The predicted octanol–water partition coefficient (Wildman–Crippen LogP) is 2.79. The molecular formula is C20H25N3O. The van der Waals surface area contributed by atoms with Gasteiger partial charge in [-0.1, -0.05) is 30.3 Å². The summed E-state index contributed by atoms with van der Waals surface area (Å²) >= 11 is 0. The van der Waals surface area contributed by atoms with Crippen LogP contribution in [-0.4, -0.2) is 27.3 Å². The molecule has 0 spiro atoms. The molecule has 1 saturated heterocycles. The largest absolute Gasteiger partial charge is 0.294 e. The van der Waals surface area contributed by atoms with Gasteiger partial charge in [0.2, 0.25) is 0 Å². The highest BCUT2D eigenvalue weighted by molar-refractivity contribution is 5.20. The Kier molecular flexibility index (Phi) is 4.48. The molecule has 4 nitrogen and oxygen atoms in total. The maximum absolute atomic E-state index is 12.4. The second kappa shape index (κ2) is 6.89. The van der Waals surface area contributed by atoms with Crippen molar-refractivity contribution >= 4 is 0 Å². The van der Waals surface area contributed by atoms with Crippen LogP contribution in [0.25, 0.3) is 0 Å². The topological polar surface area (TPSA) is 38.1 Å². The SMILES string of the molecule is O=c1cc2c(nn1CC1CCCN1Cc1ccccc1)CCCC2. The van der Waals surface area contributed by atoms with Crippen LogP contribution in [0.3, 0.4) is 0 Å². The van der Waals surface area contributed by atoms with E-state index in [1.54, 1.807) is 4.68 Å². The average molecular weight is 323 g/mol. The lowest BCUT2D eigenvalue weighted by atomic mass is 9.97. The van der Waals surface area contributed by atoms with Gasteiger partial charge in [-0.3, -0.25) is 9.69 Å². The monoisotopic (exact) mass is 323 g/mol. The molecule has 1 aliphatic carbocycles. The fraction of sp³-hybridized carbons (Fsp3) is 0.500. The van der Waals surface area contributed by atoms with Gasteiger partial charge >= 0.3 is 0 Å². The molecule has 0 radical (unpaired) electrons. The van der Waals surface area contributed by atoms with Crippen LogP contribution in [0.4, 0.5) is 0 Å². The van der Waals surface area contributed by atoms with Crippen molar-refractivity contribution in [2.24, 2.45) is 0 Å². The number of likely N-dealkylation sites (tertiary alicyclic amines) is 1. The second-order valence-corrected chi connectivity index (χ2v) is 7.10. The molecule has 4 heteroatoms. The highest BCUT2D eigenvalue weighted by atomic mass is 16.1. The summed E-state index contributed by atoms with van der Waals surface area (Å²) in [5, 5.41) is 4.70. The van der Waals surface area contributed by atoms with Crippen molar-refractivity contribution in [3.8, 4) is 0 Å². The Labute approximate surface area is 143 Å². The lowest BCUT2D eigenvalue weighted by Gasteiger charge is -2.25. The molecule has 0 bridgehead atoms. The number of aryl methyl sites for hydroxylation is 2. The minimum absolute atomic E-state index is 0.0715. The smallest absolute Gasteiger partial charge is 0.267 e. The molecule has 2 aromatic rings. The van der Waals surface area contributed by atoms with Gasteiger partial charge in [-0.05, 0) is 56.2 Å². The fourth-order valence-electron chi connectivity index (χ4n) is 4.06. The van der Waals surface area contributed by atoms with Crippen LogP contribution in [0, 0.1) is 0 Å². The Hall–Kier alpha value is -1.94. The molecule has 1 aromatic heterocycles. The number of benzene rings is 1. The summed E-state index contributed by atoms with van der Waals surface area (Å²) in [5.74, 6) is 0. The van der Waals surface area contributed by atoms with Gasteiger partial charge in [-0.25, -0.2) is 4.68 Å². The first-order valence-corrected chi connectivity index (χ1v) is 9.17. The molecule has 2 heterocycles. The van der Waals surface area contributed by atoms with Crippen LogP contribution in [-0.2, 0) is 25.9 Å². The summed E-state index contributed by atoms with van der Waals surface area (Å²) in [6, 6.07) is 12.8. The minimum Gasteiger partial charge on any atom is -0.294 e. The molecule has 1 unspecified atom stereocenters. The van der Waals surface area contributed by atoms with E-state index >= 15 is 0 Å². The van der Waals surface area contributed by atoms with Gasteiger partial charge in [-0.2, -0.15) is 5.10 Å². The number of hydrogen-bond donors (Lipinski definition) is 0. The molecular weight excluding hydrogens is 298 g/mol. The lowest BCUT2D eigenvalue weighted by Crippen LogP contribution is -2.37. The molecule has 24 heavy (non-hydrogen) atoms. The van der Waals surface area contributed by atoms with Gasteiger partial charge in [0.1, 0.15) is 0 Å². The summed E-state index contributed by atoms with van der Waals surface area (Å²) < 4.78 is 1.72. The number of nitrogens with zero attached hydrogens (tertiary/aromatic N) is 3. The van der Waals surface area contributed by atoms with Crippen LogP contribution in [0.1, 0.15) is 42.5 Å². The second-order valence-electron chi connectivity index (χ2n) is 7.10. The molecule has 0 saturated carbocycles. The van der Waals surface area contributed by atoms with Crippen molar-refractivity contribution < 1.29 is 0 Å². The molecule has 0 N–H and O–H groups in total. The van der Waals surface area contributed by atoms with Gasteiger partial charge in [0.05, 0.1) is 12.2 Å². The predicted molar refractivity (Wildman–Crippen MR) is 95.0 cm³/mol. The van der Waals surface area contributed by atoms with E-state index in [0.717, 1.165) is 44.6 Å². The Morgan fingerprint density at radius 2 is 1.92 bits per heavy atom. The summed E-state index contributed by atoms with van der Waals surface area (Å²) in [5.41, 5.74) is 3.74. The van der Waals surface area contributed by atoms with Crippen molar-refractivity contribution in [3.05, 3.63) is 63.6 Å². The van der Waals surface area contributed by atoms with Crippen LogP contribution < -0.4 is 5.56 Å². The summed E-state index contributed by atoms with van der Waals surface area (Å²) in [4.78, 5) is 14.9. The zero-order valence-electron chi connectivity index (χ0n) is 14.2. The lowest BCUT2D eigenvalue weighted by molar-refractivity contribution is 0.216. The van der Waals surface area contributed by atoms with Crippen LogP contribution in [0.15, 0.2) is 41.2 Å². The Bertz CT molecular complexity index is 753. The summed E-state index contributed by atoms with van der Waals surface area (Å²) in [7, 11) is 0. The Morgan fingerprint density at radius 1 is 1.08 bits per heavy atom. The maximum atomic E-state index is 12.4. The molecule has 4 rings (SSSR count). The zero-order valence-corrected chi connectivity index (χ0v) is 14.2. The van der Waals surface area contributed by atoms with Crippen LogP contribution >= 0.6 is 0 Å². The van der Waals surface area contributed by atoms with E-state index in [4.69, 9.17) is 5.10 Å². The normalized spacial score (nSPS) is 20.9. The van der Waals surface area contributed by atoms with E-state index in [1.165, 1.54) is 30.4 Å². The van der Waals surface area contributed by atoms with Gasteiger partial charge in [0.25, 0.3) is 5.56 Å². The summed E-state index contributed by atoms with van der Waals surface area (Å²) in [6.07, 6.45) is 6.78. The van der Waals surface area contributed by atoms with Crippen molar-refractivity contribution in [2.75, 3.05) is 6.54 Å². The van der Waals surface area contributed by atoms with E-state index in [1.807, 2.05) is 6.07 Å². The van der Waals surface area contributed by atoms with Gasteiger partial charge in [0.15, 0.2) is 0 Å². The zero-order chi connectivity index (χ0) is 16.4. The highest BCUT2D eigenvalue weighted by Crippen LogP contribution is 2.22. The van der Waals surface area contributed by atoms with E-state index in [0.29, 0.717) is 6.04 Å². The number of rotatable bonds is 4. The molecule has 1 aromatic carbocycles. The number of hydrogen-bond acceptors (Lipinski definition) is 3. The first-order chi connectivity index (χ1) is 11.8. The van der Waals surface area contributed by atoms with Crippen LogP contribution in [0.2, 0.25) is 0 Å². The highest BCUT2D eigenvalue weighted by Gasteiger charge is 2.26. The summed E-state index contributed by atoms with van der Waals surface area (Å²) in [6.45, 7) is 2.80. The molecule has 1 aliphatic heterocycles.